The van der Waals surface area contributed by atoms with Gasteiger partial charge in [0.2, 0.25) is 0 Å². The molecule has 1 rings (SSSR count). The lowest BCUT2D eigenvalue weighted by atomic mass is 10.2. The quantitative estimate of drug-likeness (QED) is 0.540. The maximum absolute atomic E-state index is 12.8. The predicted molar refractivity (Wildman–Crippen MR) is 47.8 cm³/mol. The fourth-order valence-electron chi connectivity index (χ4n) is 0.789. The van der Waals surface area contributed by atoms with Gasteiger partial charge in [-0.3, -0.25) is 0 Å². The first kappa shape index (κ1) is 10.3. The molecule has 0 amide bonds. The monoisotopic (exact) mass is 222 g/mol. The molecular formula is C8H5Cl2FO2. The third-order valence-corrected chi connectivity index (χ3v) is 2.02. The van der Waals surface area contributed by atoms with Crippen LogP contribution in [0.2, 0.25) is 10.0 Å². The van der Waals surface area contributed by atoms with Crippen molar-refractivity contribution in [1.82, 2.24) is 0 Å². The molecule has 0 saturated heterocycles. The number of hydrogen-bond donors (Lipinski definition) is 0. The van der Waals surface area contributed by atoms with Crippen LogP contribution in [0.4, 0.5) is 4.39 Å². The van der Waals surface area contributed by atoms with E-state index in [4.69, 9.17) is 23.2 Å². The van der Waals surface area contributed by atoms with Crippen molar-refractivity contribution in [1.29, 1.82) is 0 Å². The molecule has 0 heterocycles. The molecule has 13 heavy (non-hydrogen) atoms. The molecule has 0 spiro atoms. The minimum atomic E-state index is -0.667. The number of methoxy groups -OCH3 is 1. The van der Waals surface area contributed by atoms with Crippen LogP contribution >= 0.6 is 23.2 Å². The molecule has 1 aromatic carbocycles. The molecule has 0 aliphatic heterocycles. The van der Waals surface area contributed by atoms with Crippen LogP contribution in [0.1, 0.15) is 10.4 Å². The van der Waals surface area contributed by atoms with Crippen molar-refractivity contribution in [3.8, 4) is 0 Å². The van der Waals surface area contributed by atoms with E-state index in [2.05, 4.69) is 4.74 Å². The van der Waals surface area contributed by atoms with Crippen LogP contribution in [0.15, 0.2) is 12.1 Å². The van der Waals surface area contributed by atoms with Gasteiger partial charge in [0.1, 0.15) is 5.82 Å². The average molecular weight is 223 g/mol. The molecule has 0 radical (unpaired) electrons. The fraction of sp³-hybridized carbons (Fsp3) is 0.125. The first-order chi connectivity index (χ1) is 6.06. The second-order valence-electron chi connectivity index (χ2n) is 2.24. The number of benzene rings is 1. The van der Waals surface area contributed by atoms with Gasteiger partial charge in [-0.05, 0) is 12.1 Å². The molecule has 2 nitrogen and oxygen atoms in total. The van der Waals surface area contributed by atoms with E-state index in [0.29, 0.717) is 0 Å². The number of halogens is 3. The maximum atomic E-state index is 12.8. The molecule has 1 aromatic rings. The summed E-state index contributed by atoms with van der Waals surface area (Å²) in [6.07, 6.45) is 0. The summed E-state index contributed by atoms with van der Waals surface area (Å²) in [6.45, 7) is 0. The first-order valence-electron chi connectivity index (χ1n) is 3.29. The molecule has 0 aromatic heterocycles. The SMILES string of the molecule is COC(=O)c1cc(Cl)c(F)cc1Cl. The van der Waals surface area contributed by atoms with E-state index < -0.39 is 11.8 Å². The zero-order valence-electron chi connectivity index (χ0n) is 6.61. The Kier molecular flexibility index (Phi) is 3.12. The molecule has 0 fully saturated rings. The van der Waals surface area contributed by atoms with E-state index in [0.717, 1.165) is 12.1 Å². The van der Waals surface area contributed by atoms with E-state index in [1.807, 2.05) is 0 Å². The second-order valence-corrected chi connectivity index (χ2v) is 3.05. The van der Waals surface area contributed by atoms with Crippen molar-refractivity contribution in [3.63, 3.8) is 0 Å². The largest absolute Gasteiger partial charge is 0.465 e. The Bertz CT molecular complexity index is 352. The van der Waals surface area contributed by atoms with Gasteiger partial charge < -0.3 is 4.74 Å². The summed E-state index contributed by atoms with van der Waals surface area (Å²) in [4.78, 5) is 11.0. The summed E-state index contributed by atoms with van der Waals surface area (Å²) in [5, 5.41) is -0.182. The molecule has 0 bridgehead atoms. The fourth-order valence-corrected chi connectivity index (χ4v) is 1.18. The van der Waals surface area contributed by atoms with Crippen molar-refractivity contribution in [2.45, 2.75) is 0 Å². The van der Waals surface area contributed by atoms with E-state index in [1.54, 1.807) is 0 Å². The van der Waals surface area contributed by atoms with Gasteiger partial charge in [0, 0.05) is 0 Å². The number of esters is 1. The number of hydrogen-bond acceptors (Lipinski definition) is 2. The van der Waals surface area contributed by atoms with Crippen LogP contribution < -0.4 is 0 Å². The molecule has 0 aliphatic rings. The smallest absolute Gasteiger partial charge is 0.339 e. The van der Waals surface area contributed by atoms with Crippen LogP contribution in [-0.4, -0.2) is 13.1 Å². The minimum Gasteiger partial charge on any atom is -0.465 e. The lowest BCUT2D eigenvalue weighted by Gasteiger charge is -2.02. The van der Waals surface area contributed by atoms with Crippen LogP contribution in [0, 0.1) is 5.82 Å². The van der Waals surface area contributed by atoms with Crippen molar-refractivity contribution in [2.75, 3.05) is 7.11 Å². The third kappa shape index (κ3) is 2.11. The van der Waals surface area contributed by atoms with Gasteiger partial charge in [-0.1, -0.05) is 23.2 Å². The Morgan fingerprint density at radius 2 is 2.00 bits per heavy atom. The number of carbonyl (C=O) groups excluding carboxylic acids is 1. The predicted octanol–water partition coefficient (Wildman–Crippen LogP) is 2.92. The van der Waals surface area contributed by atoms with Crippen LogP contribution in [-0.2, 0) is 4.74 Å². The van der Waals surface area contributed by atoms with Crippen molar-refractivity contribution in [2.24, 2.45) is 0 Å². The van der Waals surface area contributed by atoms with Gasteiger partial charge in [0.15, 0.2) is 0 Å². The van der Waals surface area contributed by atoms with E-state index >= 15 is 0 Å². The Morgan fingerprint density at radius 1 is 1.38 bits per heavy atom. The van der Waals surface area contributed by atoms with Gasteiger partial charge in [0.05, 0.1) is 22.7 Å². The highest BCUT2D eigenvalue weighted by Crippen LogP contribution is 2.24. The Hall–Kier alpha value is -0.800. The van der Waals surface area contributed by atoms with E-state index in [9.17, 15) is 9.18 Å². The Labute approximate surface area is 84.2 Å². The van der Waals surface area contributed by atoms with E-state index in [1.165, 1.54) is 7.11 Å². The molecule has 0 N–H and O–H groups in total. The lowest BCUT2D eigenvalue weighted by Crippen LogP contribution is -2.02. The van der Waals surface area contributed by atoms with Crippen molar-refractivity contribution >= 4 is 29.2 Å². The molecule has 70 valence electrons. The molecule has 0 unspecified atom stereocenters. The van der Waals surface area contributed by atoms with Crippen molar-refractivity contribution < 1.29 is 13.9 Å². The van der Waals surface area contributed by atoms with E-state index in [-0.39, 0.29) is 15.6 Å². The van der Waals surface area contributed by atoms with Crippen LogP contribution in [0.25, 0.3) is 0 Å². The van der Waals surface area contributed by atoms with Crippen LogP contribution in [0.5, 0.6) is 0 Å². The minimum absolute atomic E-state index is 0.0197. The molecular weight excluding hydrogens is 218 g/mol. The van der Waals surface area contributed by atoms with Gasteiger partial charge in [0.25, 0.3) is 0 Å². The summed E-state index contributed by atoms with van der Waals surface area (Å²) < 4.78 is 17.2. The Balaban J connectivity index is 3.23. The summed E-state index contributed by atoms with van der Waals surface area (Å²) in [5.41, 5.74) is 0.0515. The van der Waals surface area contributed by atoms with Crippen LogP contribution in [0.3, 0.4) is 0 Å². The highest BCUT2D eigenvalue weighted by molar-refractivity contribution is 6.35. The first-order valence-corrected chi connectivity index (χ1v) is 4.04. The zero-order chi connectivity index (χ0) is 10.0. The normalized spacial score (nSPS) is 9.85. The van der Waals surface area contributed by atoms with Crippen molar-refractivity contribution in [3.05, 3.63) is 33.6 Å². The standard InChI is InChI=1S/C8H5Cl2FO2/c1-13-8(12)4-2-6(10)7(11)3-5(4)9/h2-3H,1H3. The lowest BCUT2D eigenvalue weighted by molar-refractivity contribution is 0.0601. The third-order valence-electron chi connectivity index (χ3n) is 1.42. The average Bonchev–Trinajstić information content (AvgIpc) is 2.10. The number of rotatable bonds is 1. The number of ether oxygens (including phenoxy) is 1. The van der Waals surface area contributed by atoms with Gasteiger partial charge in [-0.15, -0.1) is 0 Å². The van der Waals surface area contributed by atoms with Gasteiger partial charge in [-0.2, -0.15) is 0 Å². The van der Waals surface area contributed by atoms with Gasteiger partial charge in [-0.25, -0.2) is 9.18 Å². The molecule has 5 heteroatoms. The molecule has 0 atom stereocenters. The number of carbonyl (C=O) groups is 1. The topological polar surface area (TPSA) is 26.3 Å². The molecule has 0 aliphatic carbocycles. The second kappa shape index (κ2) is 3.94. The highest BCUT2D eigenvalue weighted by Gasteiger charge is 2.13. The maximum Gasteiger partial charge on any atom is 0.339 e. The van der Waals surface area contributed by atoms with Gasteiger partial charge >= 0.3 is 5.97 Å². The summed E-state index contributed by atoms with van der Waals surface area (Å²) in [6, 6.07) is 2.10. The Morgan fingerprint density at radius 3 is 2.54 bits per heavy atom. The molecule has 0 saturated carbocycles. The summed E-state index contributed by atoms with van der Waals surface area (Å²) in [7, 11) is 1.20. The highest BCUT2D eigenvalue weighted by atomic mass is 35.5. The summed E-state index contributed by atoms with van der Waals surface area (Å²) >= 11 is 11.0. The summed E-state index contributed by atoms with van der Waals surface area (Å²) in [5.74, 6) is -1.31. The zero-order valence-corrected chi connectivity index (χ0v) is 8.12.